The highest BCUT2D eigenvalue weighted by atomic mass is 127. The van der Waals surface area contributed by atoms with Crippen molar-refractivity contribution in [2.24, 2.45) is 0 Å². The fraction of sp³-hybridized carbons (Fsp3) is 0.250. The van der Waals surface area contributed by atoms with Crippen LogP contribution in [0.15, 0.2) is 72.8 Å². The summed E-state index contributed by atoms with van der Waals surface area (Å²) in [5.41, 5.74) is 3.11. The lowest BCUT2D eigenvalue weighted by atomic mass is 9.93. The maximum Gasteiger partial charge on any atom is 0.340 e. The van der Waals surface area contributed by atoms with E-state index >= 15 is 0 Å². The molecule has 0 aromatic heterocycles. The molecule has 228 valence electrons. The van der Waals surface area contributed by atoms with Gasteiger partial charge < -0.3 is 15.7 Å². The molecule has 4 rings (SSSR count). The Morgan fingerprint density at radius 2 is 1.75 bits per heavy atom. The van der Waals surface area contributed by atoms with Crippen molar-refractivity contribution < 1.29 is 32.7 Å². The van der Waals surface area contributed by atoms with E-state index in [1.54, 1.807) is 24.3 Å². The van der Waals surface area contributed by atoms with Crippen LogP contribution in [0.2, 0.25) is 0 Å². The topological polar surface area (TPSA) is 123 Å². The number of carboxylic acid groups (broad SMARTS) is 1. The number of nitriles is 1. The van der Waals surface area contributed by atoms with E-state index in [2.05, 4.69) is 16.7 Å². The van der Waals surface area contributed by atoms with E-state index in [4.69, 9.17) is 5.11 Å². The largest absolute Gasteiger partial charge is 0.479 e. The zero-order valence-corrected chi connectivity index (χ0v) is 25.5. The summed E-state index contributed by atoms with van der Waals surface area (Å²) < 4.78 is 38.2. The molecule has 0 heterocycles. The lowest BCUT2D eigenvalue weighted by molar-refractivity contribution is -0.142. The molecule has 0 spiro atoms. The maximum absolute atomic E-state index is 14.1. The molecule has 3 aromatic rings. The Bertz CT molecular complexity index is 1600. The Kier molecular flexibility index (Phi) is 10.6. The lowest BCUT2D eigenvalue weighted by Crippen LogP contribution is -2.35. The molecule has 1 unspecified atom stereocenters. The van der Waals surface area contributed by atoms with Gasteiger partial charge in [-0.15, -0.1) is 0 Å². The van der Waals surface area contributed by atoms with Crippen LogP contribution < -0.4 is 15.5 Å². The zero-order chi connectivity index (χ0) is 31.9. The molecule has 8 nitrogen and oxygen atoms in total. The second kappa shape index (κ2) is 14.4. The second-order valence-corrected chi connectivity index (χ2v) is 11.5. The van der Waals surface area contributed by atoms with E-state index in [-0.39, 0.29) is 23.4 Å². The summed E-state index contributed by atoms with van der Waals surface area (Å²) in [4.78, 5) is 38.0. The van der Waals surface area contributed by atoms with E-state index in [1.165, 1.54) is 28.7 Å². The SMILES string of the molecule is N#Cc1cc(NC(=O)N(Cc2ccc(C(=O)NCC(F)C(=O)O)cc2)c2ccc(C3=CCCCC3)cc2)cc(C(F)(F)I)c1. The highest BCUT2D eigenvalue weighted by molar-refractivity contribution is 14.1. The molecule has 0 radical (unpaired) electrons. The lowest BCUT2D eigenvalue weighted by Gasteiger charge is -2.24. The molecule has 0 fully saturated rings. The number of alkyl halides is 4. The van der Waals surface area contributed by atoms with Crippen molar-refractivity contribution in [3.63, 3.8) is 0 Å². The highest BCUT2D eigenvalue weighted by Gasteiger charge is 2.28. The fourth-order valence-electron chi connectivity index (χ4n) is 4.67. The summed E-state index contributed by atoms with van der Waals surface area (Å²) in [6, 6.07) is 18.2. The van der Waals surface area contributed by atoms with Gasteiger partial charge in [-0.2, -0.15) is 14.0 Å². The summed E-state index contributed by atoms with van der Waals surface area (Å²) >= 11 is 0.959. The Hall–Kier alpha value is -4.38. The van der Waals surface area contributed by atoms with Crippen molar-refractivity contribution in [1.29, 1.82) is 5.26 Å². The monoisotopic (exact) mass is 716 g/mol. The van der Waals surface area contributed by atoms with E-state index in [0.29, 0.717) is 11.3 Å². The van der Waals surface area contributed by atoms with Crippen LogP contribution >= 0.6 is 22.6 Å². The number of halogens is 4. The number of urea groups is 1. The average molecular weight is 716 g/mol. The normalized spacial score (nSPS) is 13.7. The number of hydrogen-bond donors (Lipinski definition) is 3. The predicted molar refractivity (Wildman–Crippen MR) is 168 cm³/mol. The summed E-state index contributed by atoms with van der Waals surface area (Å²) in [5, 5.41) is 22.9. The molecule has 1 aliphatic rings. The van der Waals surface area contributed by atoms with Crippen molar-refractivity contribution in [1.82, 2.24) is 5.32 Å². The van der Waals surface area contributed by atoms with Crippen molar-refractivity contribution in [3.05, 3.63) is 101 Å². The van der Waals surface area contributed by atoms with Gasteiger partial charge in [0, 0.05) is 45.1 Å². The minimum atomic E-state index is -3.26. The number of hydrogen-bond acceptors (Lipinski definition) is 4. The molecule has 3 amide bonds. The first-order valence-electron chi connectivity index (χ1n) is 13.7. The van der Waals surface area contributed by atoms with Crippen LogP contribution in [0.5, 0.6) is 0 Å². The molecule has 1 aliphatic carbocycles. The standard InChI is InChI=1S/C32H28F3IN4O4/c33-28(30(42)43)18-38-29(41)24-8-6-20(7-9-24)19-40(27-12-10-23(11-13-27)22-4-2-1-3-5-22)31(44)39-26-15-21(17-37)14-25(16-26)32(34,35)36/h4,6-16,28H,1-3,5,18-19H2,(H,38,41)(H,39,44)(H,42,43). The van der Waals surface area contributed by atoms with Crippen LogP contribution in [0.3, 0.4) is 0 Å². The molecule has 0 aliphatic heterocycles. The number of anilines is 2. The first-order valence-corrected chi connectivity index (χ1v) is 14.8. The minimum absolute atomic E-state index is 0.0221. The molecule has 3 N–H and O–H groups in total. The van der Waals surface area contributed by atoms with Gasteiger partial charge in [-0.25, -0.2) is 14.0 Å². The van der Waals surface area contributed by atoms with Crippen molar-refractivity contribution in [2.75, 3.05) is 16.8 Å². The molecule has 12 heteroatoms. The molecule has 0 saturated heterocycles. The first kappa shape index (κ1) is 32.5. The van der Waals surface area contributed by atoms with Crippen LogP contribution in [-0.4, -0.2) is 35.7 Å². The third-order valence-corrected chi connectivity index (χ3v) is 7.62. The Morgan fingerprint density at radius 3 is 2.34 bits per heavy atom. The Labute approximate surface area is 265 Å². The van der Waals surface area contributed by atoms with Gasteiger partial charge in [0.1, 0.15) is 0 Å². The first-order chi connectivity index (χ1) is 20.9. The van der Waals surface area contributed by atoms with Crippen LogP contribution in [0.4, 0.5) is 29.3 Å². The van der Waals surface area contributed by atoms with Gasteiger partial charge in [-0.1, -0.05) is 30.3 Å². The Balaban J connectivity index is 1.59. The molecule has 0 bridgehead atoms. The molecular weight excluding hydrogens is 688 g/mol. The fourth-order valence-corrected chi connectivity index (χ4v) is 4.98. The Morgan fingerprint density at radius 1 is 1.05 bits per heavy atom. The van der Waals surface area contributed by atoms with E-state index in [1.807, 2.05) is 18.2 Å². The summed E-state index contributed by atoms with van der Waals surface area (Å²) in [6.07, 6.45) is 4.19. The smallest absolute Gasteiger partial charge is 0.340 e. The molecule has 3 aromatic carbocycles. The number of benzene rings is 3. The zero-order valence-electron chi connectivity index (χ0n) is 23.3. The van der Waals surface area contributed by atoms with Gasteiger partial charge in [0.15, 0.2) is 0 Å². The van der Waals surface area contributed by atoms with E-state index in [9.17, 15) is 32.8 Å². The van der Waals surface area contributed by atoms with Gasteiger partial charge >= 0.3 is 15.9 Å². The maximum atomic E-state index is 14.1. The number of carbonyl (C=O) groups is 3. The molecule has 0 saturated carbocycles. The van der Waals surface area contributed by atoms with Crippen LogP contribution in [-0.2, 0) is 15.3 Å². The van der Waals surface area contributed by atoms with Crippen LogP contribution in [0.25, 0.3) is 5.57 Å². The number of rotatable bonds is 10. The predicted octanol–water partition coefficient (Wildman–Crippen LogP) is 7.39. The van der Waals surface area contributed by atoms with Crippen molar-refractivity contribution in [3.8, 4) is 6.07 Å². The molecular formula is C32H28F3IN4O4. The van der Waals surface area contributed by atoms with Gasteiger partial charge in [-0.05, 0) is 84.8 Å². The van der Waals surface area contributed by atoms with E-state index < -0.39 is 40.1 Å². The number of allylic oxidation sites excluding steroid dienone is 2. The van der Waals surface area contributed by atoms with Crippen molar-refractivity contribution in [2.45, 2.75) is 42.3 Å². The van der Waals surface area contributed by atoms with Gasteiger partial charge in [0.2, 0.25) is 6.17 Å². The summed E-state index contributed by atoms with van der Waals surface area (Å²) in [7, 11) is 0. The van der Waals surface area contributed by atoms with Crippen molar-refractivity contribution >= 4 is 57.4 Å². The number of nitrogens with zero attached hydrogens (tertiary/aromatic N) is 2. The molecule has 1 atom stereocenters. The van der Waals surface area contributed by atoms with E-state index in [0.717, 1.165) is 66.0 Å². The average Bonchev–Trinajstić information content (AvgIpc) is 3.02. The second-order valence-electron chi connectivity index (χ2n) is 10.2. The minimum Gasteiger partial charge on any atom is -0.479 e. The number of carbonyl (C=O) groups excluding carboxylic acids is 2. The number of aliphatic carboxylic acids is 1. The highest BCUT2D eigenvalue weighted by Crippen LogP contribution is 2.37. The number of amides is 3. The van der Waals surface area contributed by atoms with Gasteiger partial charge in [0.05, 0.1) is 24.7 Å². The third kappa shape index (κ3) is 8.59. The summed E-state index contributed by atoms with van der Waals surface area (Å²) in [5.74, 6) is -2.34. The third-order valence-electron chi connectivity index (χ3n) is 6.99. The number of carboxylic acids is 1. The summed E-state index contributed by atoms with van der Waals surface area (Å²) in [6.45, 7) is -0.663. The van der Waals surface area contributed by atoms with Gasteiger partial charge in [0.25, 0.3) is 5.91 Å². The van der Waals surface area contributed by atoms with Crippen LogP contribution in [0.1, 0.15) is 58.3 Å². The quantitative estimate of drug-likeness (QED) is 0.149. The number of nitrogens with one attached hydrogen (secondary N) is 2. The van der Waals surface area contributed by atoms with Crippen LogP contribution in [0, 0.1) is 11.3 Å². The van der Waals surface area contributed by atoms with Gasteiger partial charge in [-0.3, -0.25) is 9.69 Å². The molecule has 44 heavy (non-hydrogen) atoms.